The van der Waals surface area contributed by atoms with Crippen molar-refractivity contribution in [3.05, 3.63) is 58.0 Å². The maximum absolute atomic E-state index is 12.9. The van der Waals surface area contributed by atoms with Crippen molar-refractivity contribution in [2.75, 3.05) is 25.0 Å². The number of amides is 2. The highest BCUT2D eigenvalue weighted by molar-refractivity contribution is 5.97. The highest BCUT2D eigenvalue weighted by Gasteiger charge is 2.20. The molecule has 1 saturated heterocycles. The van der Waals surface area contributed by atoms with Gasteiger partial charge in [0.1, 0.15) is 11.4 Å². The number of aromatic nitrogens is 1. The summed E-state index contributed by atoms with van der Waals surface area (Å²) < 4.78 is 6.86. The number of carbonyl (C=O) groups excluding carboxylic acids is 2. The van der Waals surface area contributed by atoms with Crippen LogP contribution in [0.2, 0.25) is 0 Å². The molecule has 3 rings (SSSR count). The Morgan fingerprint density at radius 3 is 2.32 bits per heavy atom. The second-order valence-electron chi connectivity index (χ2n) is 8.33. The Morgan fingerprint density at radius 1 is 1.06 bits per heavy atom. The van der Waals surface area contributed by atoms with Crippen LogP contribution >= 0.6 is 0 Å². The van der Waals surface area contributed by atoms with Gasteiger partial charge in [-0.25, -0.2) is 0 Å². The molecule has 2 heterocycles. The van der Waals surface area contributed by atoms with E-state index in [4.69, 9.17) is 4.74 Å². The van der Waals surface area contributed by atoms with E-state index in [9.17, 15) is 14.4 Å². The Morgan fingerprint density at radius 2 is 1.71 bits per heavy atom. The fraction of sp³-hybridized carbons (Fsp3) is 0.458. The van der Waals surface area contributed by atoms with Gasteiger partial charge in [0.05, 0.1) is 5.56 Å². The topological polar surface area (TPSA) is 80.6 Å². The number of aryl methyl sites for hydroxylation is 1. The first kappa shape index (κ1) is 22.6. The van der Waals surface area contributed by atoms with Crippen LogP contribution in [0.5, 0.6) is 5.75 Å². The van der Waals surface area contributed by atoms with Crippen LogP contribution in [0.3, 0.4) is 0 Å². The predicted octanol–water partition coefficient (Wildman–Crippen LogP) is 3.54. The van der Waals surface area contributed by atoms with Gasteiger partial charge in [0, 0.05) is 26.3 Å². The molecule has 0 radical (unpaired) electrons. The van der Waals surface area contributed by atoms with Crippen LogP contribution in [0.1, 0.15) is 61.4 Å². The Kier molecular flexibility index (Phi) is 7.50. The summed E-state index contributed by atoms with van der Waals surface area (Å²) in [5, 5.41) is 2.59. The third-order valence-corrected chi connectivity index (χ3v) is 5.51. The largest absolute Gasteiger partial charge is 0.484 e. The zero-order chi connectivity index (χ0) is 22.4. The van der Waals surface area contributed by atoms with Crippen molar-refractivity contribution < 1.29 is 14.3 Å². The van der Waals surface area contributed by atoms with Crippen LogP contribution in [0, 0.1) is 0 Å². The van der Waals surface area contributed by atoms with Crippen LogP contribution in [-0.2, 0) is 11.8 Å². The quantitative estimate of drug-likeness (QED) is 0.768. The minimum Gasteiger partial charge on any atom is -0.484 e. The maximum atomic E-state index is 12.9. The molecular formula is C24H31N3O4. The summed E-state index contributed by atoms with van der Waals surface area (Å²) in [6.45, 7) is 5.42. The average Bonchev–Trinajstić information content (AvgIpc) is 3.04. The zero-order valence-corrected chi connectivity index (χ0v) is 18.5. The lowest BCUT2D eigenvalue weighted by molar-refractivity contribution is -0.118. The van der Waals surface area contributed by atoms with Gasteiger partial charge < -0.3 is 19.5 Å². The summed E-state index contributed by atoms with van der Waals surface area (Å²) in [6.07, 6.45) is 5.74. The Labute approximate surface area is 183 Å². The Balaban J connectivity index is 1.66. The van der Waals surface area contributed by atoms with Crippen LogP contribution in [0.25, 0.3) is 0 Å². The van der Waals surface area contributed by atoms with Gasteiger partial charge in [-0.15, -0.1) is 0 Å². The van der Waals surface area contributed by atoms with Crippen molar-refractivity contribution in [1.29, 1.82) is 0 Å². The summed E-state index contributed by atoms with van der Waals surface area (Å²) in [4.78, 5) is 39.6. The second-order valence-corrected chi connectivity index (χ2v) is 8.33. The van der Waals surface area contributed by atoms with Gasteiger partial charge in [0.2, 0.25) is 0 Å². The van der Waals surface area contributed by atoms with Gasteiger partial charge in [0.15, 0.2) is 6.61 Å². The van der Waals surface area contributed by atoms with Gasteiger partial charge in [-0.2, -0.15) is 0 Å². The van der Waals surface area contributed by atoms with Crippen molar-refractivity contribution >= 4 is 17.5 Å². The number of nitrogens with zero attached hydrogens (tertiary/aromatic N) is 2. The molecule has 7 heteroatoms. The van der Waals surface area contributed by atoms with E-state index < -0.39 is 5.91 Å². The molecule has 0 unspecified atom stereocenters. The second kappa shape index (κ2) is 10.3. The minimum atomic E-state index is -0.454. The normalized spacial score (nSPS) is 14.3. The minimum absolute atomic E-state index is 0.0759. The maximum Gasteiger partial charge on any atom is 0.274 e. The van der Waals surface area contributed by atoms with E-state index in [1.807, 2.05) is 29.2 Å². The van der Waals surface area contributed by atoms with Gasteiger partial charge in [-0.3, -0.25) is 14.4 Å². The Hall–Kier alpha value is -3.09. The van der Waals surface area contributed by atoms with E-state index in [0.717, 1.165) is 25.7 Å². The summed E-state index contributed by atoms with van der Waals surface area (Å²) in [5.41, 5.74) is 1.28. The van der Waals surface area contributed by atoms with Crippen LogP contribution in [0.15, 0.2) is 41.3 Å². The molecule has 31 heavy (non-hydrogen) atoms. The third kappa shape index (κ3) is 5.96. The van der Waals surface area contributed by atoms with Gasteiger partial charge in [0.25, 0.3) is 17.4 Å². The SMILES string of the molecule is CC(C)c1ccc(OCC(=O)Nc2cc(C(=O)N3CCCCCC3)cn(C)c2=O)cc1. The van der Waals surface area contributed by atoms with E-state index >= 15 is 0 Å². The molecule has 0 spiro atoms. The number of ether oxygens (including phenoxy) is 1. The van der Waals surface area contributed by atoms with Crippen LogP contribution in [0.4, 0.5) is 5.69 Å². The van der Waals surface area contributed by atoms with Crippen molar-refractivity contribution in [2.24, 2.45) is 7.05 Å². The van der Waals surface area contributed by atoms with Crippen molar-refractivity contribution in [3.8, 4) is 5.75 Å². The predicted molar refractivity (Wildman–Crippen MR) is 121 cm³/mol. The van der Waals surface area contributed by atoms with E-state index in [2.05, 4.69) is 19.2 Å². The molecule has 1 aliphatic rings. The van der Waals surface area contributed by atoms with Gasteiger partial charge >= 0.3 is 0 Å². The standard InChI is InChI=1S/C24H31N3O4/c1-17(2)18-8-10-20(11-9-18)31-16-22(28)25-21-14-19(15-26(3)24(21)30)23(29)27-12-6-4-5-7-13-27/h8-11,14-15,17H,4-7,12-13,16H2,1-3H3,(H,25,28). The van der Waals surface area contributed by atoms with Gasteiger partial charge in [-0.1, -0.05) is 38.8 Å². The average molecular weight is 426 g/mol. The number of pyridine rings is 1. The first-order valence-corrected chi connectivity index (χ1v) is 10.9. The highest BCUT2D eigenvalue weighted by atomic mass is 16.5. The number of anilines is 1. The Bertz CT molecular complexity index is 971. The summed E-state index contributed by atoms with van der Waals surface area (Å²) >= 11 is 0. The molecule has 0 aliphatic carbocycles. The fourth-order valence-electron chi connectivity index (χ4n) is 3.66. The monoisotopic (exact) mass is 425 g/mol. The van der Waals surface area contributed by atoms with Gasteiger partial charge in [-0.05, 0) is 42.5 Å². The molecule has 1 fully saturated rings. The van der Waals surface area contributed by atoms with Crippen molar-refractivity contribution in [2.45, 2.75) is 45.4 Å². The van der Waals surface area contributed by atoms with E-state index in [1.54, 1.807) is 7.05 Å². The summed E-state index contributed by atoms with van der Waals surface area (Å²) in [7, 11) is 1.57. The van der Waals surface area contributed by atoms with Crippen LogP contribution < -0.4 is 15.6 Å². The van der Waals surface area contributed by atoms with E-state index in [1.165, 1.54) is 22.4 Å². The molecule has 1 aromatic heterocycles. The first-order chi connectivity index (χ1) is 14.8. The number of hydrogen-bond donors (Lipinski definition) is 1. The van der Waals surface area contributed by atoms with E-state index in [0.29, 0.717) is 30.3 Å². The van der Waals surface area contributed by atoms with Crippen LogP contribution in [-0.4, -0.2) is 41.0 Å². The van der Waals surface area contributed by atoms with E-state index in [-0.39, 0.29) is 23.8 Å². The van der Waals surface area contributed by atoms with Crippen molar-refractivity contribution in [1.82, 2.24) is 9.47 Å². The number of carbonyl (C=O) groups is 2. The number of hydrogen-bond acceptors (Lipinski definition) is 4. The number of rotatable bonds is 6. The summed E-state index contributed by atoms with van der Waals surface area (Å²) in [5.74, 6) is 0.425. The highest BCUT2D eigenvalue weighted by Crippen LogP contribution is 2.19. The smallest absolute Gasteiger partial charge is 0.274 e. The lowest BCUT2D eigenvalue weighted by Crippen LogP contribution is -2.34. The lowest BCUT2D eigenvalue weighted by Gasteiger charge is -2.21. The molecule has 0 bridgehead atoms. The molecule has 1 aliphatic heterocycles. The molecule has 1 N–H and O–H groups in total. The first-order valence-electron chi connectivity index (χ1n) is 10.9. The molecule has 1 aromatic carbocycles. The molecule has 0 atom stereocenters. The number of nitrogens with one attached hydrogen (secondary N) is 1. The molecule has 2 amide bonds. The lowest BCUT2D eigenvalue weighted by atomic mass is 10.0. The van der Waals surface area contributed by atoms with Crippen molar-refractivity contribution in [3.63, 3.8) is 0 Å². The molecule has 7 nitrogen and oxygen atoms in total. The third-order valence-electron chi connectivity index (χ3n) is 5.51. The molecule has 166 valence electrons. The molecule has 2 aromatic rings. The summed E-state index contributed by atoms with van der Waals surface area (Å²) in [6, 6.07) is 9.03. The molecular weight excluding hydrogens is 394 g/mol. The number of benzene rings is 1. The fourth-order valence-corrected chi connectivity index (χ4v) is 3.66. The molecule has 0 saturated carbocycles. The zero-order valence-electron chi connectivity index (χ0n) is 18.5. The number of likely N-dealkylation sites (tertiary alicyclic amines) is 1.